The summed E-state index contributed by atoms with van der Waals surface area (Å²) in [5, 5.41) is 3.36. The van der Waals surface area contributed by atoms with E-state index in [0.29, 0.717) is 11.9 Å². The van der Waals surface area contributed by atoms with Gasteiger partial charge in [0, 0.05) is 12.2 Å². The molecule has 0 amide bonds. The molecule has 3 nitrogen and oxygen atoms in total. The first-order valence-electron chi connectivity index (χ1n) is 5.14. The lowest BCUT2D eigenvalue weighted by Gasteiger charge is -2.15. The van der Waals surface area contributed by atoms with Crippen molar-refractivity contribution in [2.75, 3.05) is 12.4 Å². The third-order valence-corrected chi connectivity index (χ3v) is 2.17. The predicted molar refractivity (Wildman–Crippen MR) is 63.3 cm³/mol. The van der Waals surface area contributed by atoms with E-state index in [2.05, 4.69) is 23.8 Å². The minimum atomic E-state index is 0.390. The molecule has 0 bridgehead atoms. The van der Waals surface area contributed by atoms with E-state index in [4.69, 9.17) is 4.74 Å². The Kier molecular flexibility index (Phi) is 4.68. The summed E-state index contributed by atoms with van der Waals surface area (Å²) in [7, 11) is 1.63. The Bertz CT molecular complexity index is 312. The fraction of sp³-hybridized carbons (Fsp3) is 0.417. The molecule has 1 rings (SSSR count). The summed E-state index contributed by atoms with van der Waals surface area (Å²) in [5.41, 5.74) is 0.941. The molecule has 1 aromatic heterocycles. The molecule has 0 radical (unpaired) electrons. The van der Waals surface area contributed by atoms with Gasteiger partial charge in [-0.25, -0.2) is 4.98 Å². The standard InChI is InChI=1S/C12H18N2O/c1-4-5-7-10(2)14-11-8-6-9-13-12(11)15-3/h4,6,8-10,14H,1,5,7H2,2-3H3/t10-/m0/s1. The van der Waals surface area contributed by atoms with E-state index in [1.807, 2.05) is 18.2 Å². The van der Waals surface area contributed by atoms with Crippen LogP contribution in [-0.2, 0) is 0 Å². The molecule has 15 heavy (non-hydrogen) atoms. The number of methoxy groups -OCH3 is 1. The quantitative estimate of drug-likeness (QED) is 0.727. The zero-order chi connectivity index (χ0) is 11.1. The summed E-state index contributed by atoms with van der Waals surface area (Å²) >= 11 is 0. The minimum absolute atomic E-state index is 0.390. The van der Waals surface area contributed by atoms with Crippen molar-refractivity contribution in [2.45, 2.75) is 25.8 Å². The van der Waals surface area contributed by atoms with Crippen LogP contribution in [0.5, 0.6) is 5.88 Å². The van der Waals surface area contributed by atoms with Crippen LogP contribution in [0.4, 0.5) is 5.69 Å². The molecular weight excluding hydrogens is 188 g/mol. The van der Waals surface area contributed by atoms with E-state index in [0.717, 1.165) is 18.5 Å². The van der Waals surface area contributed by atoms with Gasteiger partial charge in [-0.3, -0.25) is 0 Å². The molecule has 1 N–H and O–H groups in total. The molecule has 0 aliphatic heterocycles. The molecule has 0 spiro atoms. The van der Waals surface area contributed by atoms with Crippen molar-refractivity contribution < 1.29 is 4.74 Å². The molecule has 82 valence electrons. The second-order valence-corrected chi connectivity index (χ2v) is 3.47. The molecule has 1 heterocycles. The van der Waals surface area contributed by atoms with Gasteiger partial charge in [-0.1, -0.05) is 6.08 Å². The van der Waals surface area contributed by atoms with Crippen LogP contribution >= 0.6 is 0 Å². The van der Waals surface area contributed by atoms with Crippen molar-refractivity contribution in [1.29, 1.82) is 0 Å². The maximum absolute atomic E-state index is 5.16. The molecule has 1 aromatic rings. The van der Waals surface area contributed by atoms with Crippen molar-refractivity contribution in [2.24, 2.45) is 0 Å². The van der Waals surface area contributed by atoms with Crippen molar-refractivity contribution >= 4 is 5.69 Å². The lowest BCUT2D eigenvalue weighted by atomic mass is 10.2. The van der Waals surface area contributed by atoms with Crippen LogP contribution in [0.2, 0.25) is 0 Å². The molecule has 0 saturated carbocycles. The van der Waals surface area contributed by atoms with Gasteiger partial charge in [0.1, 0.15) is 0 Å². The summed E-state index contributed by atoms with van der Waals surface area (Å²) in [4.78, 5) is 4.13. The first-order valence-corrected chi connectivity index (χ1v) is 5.14. The first kappa shape index (κ1) is 11.6. The topological polar surface area (TPSA) is 34.2 Å². The largest absolute Gasteiger partial charge is 0.480 e. The average molecular weight is 206 g/mol. The second kappa shape index (κ2) is 6.06. The Labute approximate surface area is 91.2 Å². The lowest BCUT2D eigenvalue weighted by Crippen LogP contribution is -2.15. The summed E-state index contributed by atoms with van der Waals surface area (Å²) in [6.45, 7) is 5.84. The van der Waals surface area contributed by atoms with Gasteiger partial charge >= 0.3 is 0 Å². The number of pyridine rings is 1. The molecule has 0 unspecified atom stereocenters. The van der Waals surface area contributed by atoms with Gasteiger partial charge in [0.25, 0.3) is 0 Å². The van der Waals surface area contributed by atoms with Crippen LogP contribution in [0.3, 0.4) is 0 Å². The summed E-state index contributed by atoms with van der Waals surface area (Å²) in [5.74, 6) is 0.642. The Morgan fingerprint density at radius 3 is 3.13 bits per heavy atom. The number of nitrogens with one attached hydrogen (secondary N) is 1. The van der Waals surface area contributed by atoms with Gasteiger partial charge in [-0.15, -0.1) is 6.58 Å². The van der Waals surface area contributed by atoms with Crippen LogP contribution in [0, 0.1) is 0 Å². The number of nitrogens with zero attached hydrogens (tertiary/aromatic N) is 1. The molecular formula is C12H18N2O. The lowest BCUT2D eigenvalue weighted by molar-refractivity contribution is 0.399. The van der Waals surface area contributed by atoms with E-state index in [1.165, 1.54) is 0 Å². The van der Waals surface area contributed by atoms with E-state index >= 15 is 0 Å². The fourth-order valence-corrected chi connectivity index (χ4v) is 1.37. The molecule has 0 aliphatic rings. The van der Waals surface area contributed by atoms with Crippen LogP contribution in [0.15, 0.2) is 31.0 Å². The van der Waals surface area contributed by atoms with Gasteiger partial charge in [-0.05, 0) is 31.9 Å². The number of hydrogen-bond donors (Lipinski definition) is 1. The first-order chi connectivity index (χ1) is 7.27. The fourth-order valence-electron chi connectivity index (χ4n) is 1.37. The Morgan fingerprint density at radius 1 is 1.67 bits per heavy atom. The highest BCUT2D eigenvalue weighted by atomic mass is 16.5. The summed E-state index contributed by atoms with van der Waals surface area (Å²) in [6, 6.07) is 4.25. The maximum atomic E-state index is 5.16. The van der Waals surface area contributed by atoms with Crippen molar-refractivity contribution in [3.8, 4) is 5.88 Å². The van der Waals surface area contributed by atoms with Gasteiger partial charge in [0.2, 0.25) is 5.88 Å². The SMILES string of the molecule is C=CCC[C@H](C)Nc1cccnc1OC. The monoisotopic (exact) mass is 206 g/mol. The highest BCUT2D eigenvalue weighted by molar-refractivity contribution is 5.52. The van der Waals surface area contributed by atoms with E-state index in [1.54, 1.807) is 13.3 Å². The molecule has 0 fully saturated rings. The third kappa shape index (κ3) is 3.62. The van der Waals surface area contributed by atoms with Crippen molar-refractivity contribution in [1.82, 2.24) is 4.98 Å². The number of ether oxygens (including phenoxy) is 1. The van der Waals surface area contributed by atoms with Crippen LogP contribution in [-0.4, -0.2) is 18.1 Å². The molecule has 0 aliphatic carbocycles. The number of allylic oxidation sites excluding steroid dienone is 1. The van der Waals surface area contributed by atoms with E-state index < -0.39 is 0 Å². The Balaban J connectivity index is 2.58. The Hall–Kier alpha value is -1.51. The second-order valence-electron chi connectivity index (χ2n) is 3.47. The highest BCUT2D eigenvalue weighted by Gasteiger charge is 2.06. The van der Waals surface area contributed by atoms with E-state index in [9.17, 15) is 0 Å². The van der Waals surface area contributed by atoms with Gasteiger partial charge < -0.3 is 10.1 Å². The van der Waals surface area contributed by atoms with Crippen molar-refractivity contribution in [3.05, 3.63) is 31.0 Å². The van der Waals surface area contributed by atoms with E-state index in [-0.39, 0.29) is 0 Å². The van der Waals surface area contributed by atoms with Crippen LogP contribution in [0.1, 0.15) is 19.8 Å². The normalized spacial score (nSPS) is 11.9. The van der Waals surface area contributed by atoms with Gasteiger partial charge in [0.15, 0.2) is 0 Å². The predicted octanol–water partition coefficient (Wildman–Crippen LogP) is 2.86. The number of anilines is 1. The molecule has 3 heteroatoms. The number of hydrogen-bond acceptors (Lipinski definition) is 3. The van der Waals surface area contributed by atoms with Gasteiger partial charge in [0.05, 0.1) is 12.8 Å². The van der Waals surface area contributed by atoms with Crippen molar-refractivity contribution in [3.63, 3.8) is 0 Å². The summed E-state index contributed by atoms with van der Waals surface area (Å²) < 4.78 is 5.16. The smallest absolute Gasteiger partial charge is 0.237 e. The zero-order valence-electron chi connectivity index (χ0n) is 9.36. The molecule has 1 atom stereocenters. The average Bonchev–Trinajstić information content (AvgIpc) is 2.27. The number of aromatic nitrogens is 1. The number of rotatable bonds is 6. The molecule has 0 saturated heterocycles. The van der Waals surface area contributed by atoms with Crippen LogP contribution in [0.25, 0.3) is 0 Å². The van der Waals surface area contributed by atoms with Gasteiger partial charge in [-0.2, -0.15) is 0 Å². The minimum Gasteiger partial charge on any atom is -0.480 e. The Morgan fingerprint density at radius 2 is 2.47 bits per heavy atom. The third-order valence-electron chi connectivity index (χ3n) is 2.17. The summed E-state index contributed by atoms with van der Waals surface area (Å²) in [6.07, 6.45) is 5.72. The zero-order valence-corrected chi connectivity index (χ0v) is 9.36. The highest BCUT2D eigenvalue weighted by Crippen LogP contribution is 2.21. The van der Waals surface area contributed by atoms with Crippen LogP contribution < -0.4 is 10.1 Å². The molecule has 0 aromatic carbocycles. The maximum Gasteiger partial charge on any atom is 0.237 e.